The highest BCUT2D eigenvalue weighted by molar-refractivity contribution is 7.07. The number of hydrogen-bond donors (Lipinski definition) is 2. The molecule has 1 unspecified atom stereocenters. The Kier molecular flexibility index (Phi) is 4.82. The van der Waals surface area contributed by atoms with Crippen molar-refractivity contribution < 1.29 is 14.7 Å². The second-order valence-electron chi connectivity index (χ2n) is 5.99. The van der Waals surface area contributed by atoms with Gasteiger partial charge in [0, 0.05) is 24.9 Å². The maximum Gasteiger partial charge on any atom is 0.327 e. The van der Waals surface area contributed by atoms with Crippen molar-refractivity contribution in [1.29, 1.82) is 0 Å². The fourth-order valence-electron chi connectivity index (χ4n) is 2.84. The van der Waals surface area contributed by atoms with Gasteiger partial charge in [0.05, 0.1) is 11.2 Å². The summed E-state index contributed by atoms with van der Waals surface area (Å²) in [6.45, 7) is 4.76. The van der Waals surface area contributed by atoms with Gasteiger partial charge in [0.1, 0.15) is 6.04 Å². The van der Waals surface area contributed by atoms with Crippen LogP contribution in [0.3, 0.4) is 0 Å². The number of carbonyl (C=O) groups is 2. The smallest absolute Gasteiger partial charge is 0.327 e. The monoisotopic (exact) mass is 311 g/mol. The number of nitrogens with one attached hydrogen (secondary N) is 1. The number of hydrogen-bond acceptors (Lipinski definition) is 4. The molecule has 6 nitrogen and oxygen atoms in total. The predicted octanol–water partition coefficient (Wildman–Crippen LogP) is 1.97. The van der Waals surface area contributed by atoms with E-state index < -0.39 is 17.4 Å². The highest BCUT2D eigenvalue weighted by Gasteiger charge is 2.44. The van der Waals surface area contributed by atoms with Crippen LogP contribution in [-0.2, 0) is 11.2 Å². The first-order valence-corrected chi connectivity index (χ1v) is 8.00. The number of rotatable bonds is 4. The molecule has 0 aromatic carbocycles. The van der Waals surface area contributed by atoms with Gasteiger partial charge in [-0.2, -0.15) is 0 Å². The molecule has 2 heterocycles. The summed E-state index contributed by atoms with van der Waals surface area (Å²) in [5, 5.41) is 14.2. The molecule has 2 N–H and O–H groups in total. The molecular weight excluding hydrogens is 290 g/mol. The van der Waals surface area contributed by atoms with Gasteiger partial charge < -0.3 is 15.3 Å². The molecule has 0 bridgehead atoms. The third-order valence-electron chi connectivity index (χ3n) is 3.91. The van der Waals surface area contributed by atoms with E-state index in [1.54, 1.807) is 5.51 Å². The van der Waals surface area contributed by atoms with Gasteiger partial charge in [-0.1, -0.05) is 13.8 Å². The summed E-state index contributed by atoms with van der Waals surface area (Å²) in [5.74, 6) is -0.936. The molecule has 0 saturated carbocycles. The van der Waals surface area contributed by atoms with E-state index in [4.69, 9.17) is 0 Å². The van der Waals surface area contributed by atoms with E-state index in [0.29, 0.717) is 19.5 Å². The van der Waals surface area contributed by atoms with Gasteiger partial charge in [-0.25, -0.2) is 14.6 Å². The molecule has 1 saturated heterocycles. The van der Waals surface area contributed by atoms with Gasteiger partial charge >= 0.3 is 12.0 Å². The maximum atomic E-state index is 12.3. The Hall–Kier alpha value is -1.63. The Morgan fingerprint density at radius 1 is 1.57 bits per heavy atom. The number of amides is 2. The van der Waals surface area contributed by atoms with E-state index in [-0.39, 0.29) is 6.03 Å². The lowest BCUT2D eigenvalue weighted by Crippen LogP contribution is -2.58. The summed E-state index contributed by atoms with van der Waals surface area (Å²) in [6, 6.07) is -1.07. The molecule has 0 spiro atoms. The van der Waals surface area contributed by atoms with Gasteiger partial charge in [-0.3, -0.25) is 0 Å². The quantitative estimate of drug-likeness (QED) is 0.890. The van der Waals surface area contributed by atoms with Crippen LogP contribution in [0.25, 0.3) is 0 Å². The molecule has 1 aliphatic rings. The van der Waals surface area contributed by atoms with Crippen LogP contribution in [0.4, 0.5) is 4.79 Å². The normalized spacial score (nSPS) is 21.0. The lowest BCUT2D eigenvalue weighted by Gasteiger charge is -2.43. The molecule has 2 amide bonds. The zero-order valence-corrected chi connectivity index (χ0v) is 13.2. The number of carboxylic acid groups (broad SMARTS) is 1. The molecular formula is C14H21N3O3S. The molecule has 21 heavy (non-hydrogen) atoms. The number of urea groups is 1. The minimum absolute atomic E-state index is 0.301. The number of likely N-dealkylation sites (tertiary alicyclic amines) is 1. The zero-order valence-electron chi connectivity index (χ0n) is 12.3. The number of aliphatic carboxylic acids is 1. The maximum absolute atomic E-state index is 12.3. The third kappa shape index (κ3) is 3.72. The van der Waals surface area contributed by atoms with Crippen LogP contribution in [0.2, 0.25) is 0 Å². The summed E-state index contributed by atoms with van der Waals surface area (Å²) < 4.78 is 0. The number of carbonyl (C=O) groups excluding carboxylic acids is 1. The molecule has 1 aromatic heterocycles. The average Bonchev–Trinajstić information content (AvgIpc) is 2.89. The minimum Gasteiger partial charge on any atom is -0.480 e. The van der Waals surface area contributed by atoms with Gasteiger partial charge in [0.25, 0.3) is 0 Å². The number of piperidine rings is 1. The number of thiazole rings is 1. The first-order valence-electron chi connectivity index (χ1n) is 7.06. The predicted molar refractivity (Wildman–Crippen MR) is 80.4 cm³/mol. The summed E-state index contributed by atoms with van der Waals surface area (Å²) in [4.78, 5) is 29.4. The van der Waals surface area contributed by atoms with Crippen LogP contribution < -0.4 is 5.32 Å². The molecule has 0 aliphatic carbocycles. The summed E-state index contributed by atoms with van der Waals surface area (Å²) in [5.41, 5.74) is 2.29. The van der Waals surface area contributed by atoms with Crippen molar-refractivity contribution in [3.05, 3.63) is 16.6 Å². The fourth-order valence-corrected chi connectivity index (χ4v) is 3.43. The van der Waals surface area contributed by atoms with Crippen LogP contribution in [0, 0.1) is 5.41 Å². The van der Waals surface area contributed by atoms with Crippen LogP contribution in [0.5, 0.6) is 0 Å². The summed E-state index contributed by atoms with van der Waals surface area (Å²) in [7, 11) is 0. The Morgan fingerprint density at radius 3 is 2.95 bits per heavy atom. The second kappa shape index (κ2) is 6.43. The van der Waals surface area contributed by atoms with E-state index in [0.717, 1.165) is 18.5 Å². The topological polar surface area (TPSA) is 82.5 Å². The molecule has 1 fully saturated rings. The van der Waals surface area contributed by atoms with Crippen LogP contribution in [-0.4, -0.2) is 46.1 Å². The first kappa shape index (κ1) is 15.8. The second-order valence-corrected chi connectivity index (χ2v) is 6.71. The van der Waals surface area contributed by atoms with E-state index >= 15 is 0 Å². The molecule has 116 valence electrons. The van der Waals surface area contributed by atoms with Crippen molar-refractivity contribution in [3.63, 3.8) is 0 Å². The number of nitrogens with zero attached hydrogens (tertiary/aromatic N) is 2. The highest BCUT2D eigenvalue weighted by atomic mass is 32.1. The zero-order chi connectivity index (χ0) is 15.5. The van der Waals surface area contributed by atoms with Crippen LogP contribution in [0.15, 0.2) is 10.9 Å². The van der Waals surface area contributed by atoms with Crippen molar-refractivity contribution in [2.24, 2.45) is 5.41 Å². The summed E-state index contributed by atoms with van der Waals surface area (Å²) >= 11 is 1.52. The van der Waals surface area contributed by atoms with Gasteiger partial charge in [0.15, 0.2) is 0 Å². The molecule has 1 atom stereocenters. The molecule has 1 aromatic rings. The third-order valence-corrected chi connectivity index (χ3v) is 4.54. The van der Waals surface area contributed by atoms with Crippen LogP contribution >= 0.6 is 11.3 Å². The van der Waals surface area contributed by atoms with E-state index in [9.17, 15) is 14.7 Å². The number of carboxylic acids is 1. The molecule has 7 heteroatoms. The van der Waals surface area contributed by atoms with E-state index in [2.05, 4.69) is 10.3 Å². The Morgan fingerprint density at radius 2 is 2.33 bits per heavy atom. The van der Waals surface area contributed by atoms with Gasteiger partial charge in [-0.05, 0) is 18.3 Å². The Bertz CT molecular complexity index is 502. The first-order chi connectivity index (χ1) is 9.92. The van der Waals surface area contributed by atoms with Crippen molar-refractivity contribution in [1.82, 2.24) is 15.2 Å². The molecule has 1 aliphatic heterocycles. The Balaban J connectivity index is 1.94. The van der Waals surface area contributed by atoms with E-state index in [1.165, 1.54) is 16.2 Å². The van der Waals surface area contributed by atoms with Gasteiger partial charge in [0.2, 0.25) is 0 Å². The lowest BCUT2D eigenvalue weighted by atomic mass is 9.76. The molecule has 2 rings (SSSR count). The van der Waals surface area contributed by atoms with Crippen molar-refractivity contribution >= 4 is 23.3 Å². The number of aromatic nitrogens is 1. The fraction of sp³-hybridized carbons (Fsp3) is 0.643. The van der Waals surface area contributed by atoms with Crippen molar-refractivity contribution in [2.75, 3.05) is 13.1 Å². The van der Waals surface area contributed by atoms with Gasteiger partial charge in [-0.15, -0.1) is 11.3 Å². The van der Waals surface area contributed by atoms with Crippen molar-refractivity contribution in [3.8, 4) is 0 Å². The SMILES string of the molecule is CC1(C)CCCN(C(=O)NCCc2cscn2)C1C(=O)O. The standard InChI is InChI=1S/C14H21N3O3S/c1-14(2)5-3-7-17(11(14)12(18)19)13(20)15-6-4-10-8-21-9-16-10/h8-9,11H,3-7H2,1-2H3,(H,15,20)(H,18,19). The molecule has 0 radical (unpaired) electrons. The van der Waals surface area contributed by atoms with E-state index in [1.807, 2.05) is 19.2 Å². The average molecular weight is 311 g/mol. The largest absolute Gasteiger partial charge is 0.480 e. The highest BCUT2D eigenvalue weighted by Crippen LogP contribution is 2.35. The van der Waals surface area contributed by atoms with Crippen LogP contribution in [0.1, 0.15) is 32.4 Å². The summed E-state index contributed by atoms with van der Waals surface area (Å²) in [6.07, 6.45) is 2.30. The van der Waals surface area contributed by atoms with Crippen molar-refractivity contribution in [2.45, 2.75) is 39.2 Å². The Labute approximate surface area is 128 Å². The minimum atomic E-state index is -0.936. The lowest BCUT2D eigenvalue weighted by molar-refractivity contribution is -0.148.